The average Bonchev–Trinajstić information content (AvgIpc) is 2.61. The molecule has 0 unspecified atom stereocenters. The minimum absolute atomic E-state index is 0.0153. The van der Waals surface area contributed by atoms with Crippen LogP contribution in [0.5, 0.6) is 5.88 Å². The molecule has 0 amide bonds. The van der Waals surface area contributed by atoms with Crippen LogP contribution >= 0.6 is 11.6 Å². The molecule has 2 aromatic carbocycles. The van der Waals surface area contributed by atoms with Crippen molar-refractivity contribution in [2.75, 3.05) is 0 Å². The van der Waals surface area contributed by atoms with Crippen molar-refractivity contribution in [1.29, 1.82) is 0 Å². The fourth-order valence-electron chi connectivity index (χ4n) is 2.29. The van der Waals surface area contributed by atoms with Gasteiger partial charge in [0.15, 0.2) is 0 Å². The Bertz CT molecular complexity index is 914. The first kappa shape index (κ1) is 16.9. The lowest BCUT2D eigenvalue weighted by Crippen LogP contribution is -2.01. The summed E-state index contributed by atoms with van der Waals surface area (Å²) in [6, 6.07) is 11.8. The summed E-state index contributed by atoms with van der Waals surface area (Å²) in [5.74, 6) is 0.341. The van der Waals surface area contributed by atoms with Crippen LogP contribution < -0.4 is 4.74 Å². The fraction of sp³-hybridized carbons (Fsp3) is 0.111. The van der Waals surface area contributed by atoms with E-state index in [1.54, 1.807) is 18.3 Å². The van der Waals surface area contributed by atoms with E-state index in [0.29, 0.717) is 22.2 Å². The third kappa shape index (κ3) is 3.92. The molecule has 0 N–H and O–H groups in total. The standard InChI is InChI=1S/C18H14ClN3O3/c1-12-2-3-14(16(19)10-12)11-25-18-17(20-8-9-21-18)13-4-6-15(7-5-13)22(23)24/h2-10H,11H2,1H3. The number of nitrogens with zero attached hydrogens (tertiary/aromatic N) is 3. The summed E-state index contributed by atoms with van der Waals surface area (Å²) < 4.78 is 5.78. The third-order valence-electron chi connectivity index (χ3n) is 3.59. The lowest BCUT2D eigenvalue weighted by atomic mass is 10.1. The van der Waals surface area contributed by atoms with E-state index >= 15 is 0 Å². The van der Waals surface area contributed by atoms with Crippen LogP contribution in [0.4, 0.5) is 5.69 Å². The molecular formula is C18H14ClN3O3. The molecule has 25 heavy (non-hydrogen) atoms. The van der Waals surface area contributed by atoms with Crippen LogP contribution in [-0.4, -0.2) is 14.9 Å². The second-order valence-electron chi connectivity index (χ2n) is 5.40. The normalized spacial score (nSPS) is 10.5. The molecule has 6 nitrogen and oxygen atoms in total. The van der Waals surface area contributed by atoms with Gasteiger partial charge in [-0.15, -0.1) is 0 Å². The van der Waals surface area contributed by atoms with E-state index in [1.807, 2.05) is 25.1 Å². The molecule has 0 radical (unpaired) electrons. The van der Waals surface area contributed by atoms with Crippen LogP contribution in [0.1, 0.15) is 11.1 Å². The Labute approximate surface area is 149 Å². The quantitative estimate of drug-likeness (QED) is 0.494. The van der Waals surface area contributed by atoms with Gasteiger partial charge in [0, 0.05) is 40.7 Å². The van der Waals surface area contributed by atoms with Crippen LogP contribution in [-0.2, 0) is 6.61 Å². The second kappa shape index (κ2) is 7.27. The topological polar surface area (TPSA) is 78.2 Å². The van der Waals surface area contributed by atoms with Crippen LogP contribution in [0.2, 0.25) is 5.02 Å². The smallest absolute Gasteiger partial charge is 0.269 e. The third-order valence-corrected chi connectivity index (χ3v) is 3.94. The first-order valence-corrected chi connectivity index (χ1v) is 7.86. The van der Waals surface area contributed by atoms with Gasteiger partial charge in [0.05, 0.1) is 4.92 Å². The van der Waals surface area contributed by atoms with Crippen LogP contribution in [0.15, 0.2) is 54.9 Å². The monoisotopic (exact) mass is 355 g/mol. The van der Waals surface area contributed by atoms with Crippen LogP contribution in [0.25, 0.3) is 11.3 Å². The van der Waals surface area contributed by atoms with E-state index in [2.05, 4.69) is 9.97 Å². The molecule has 1 heterocycles. The molecule has 0 saturated carbocycles. The van der Waals surface area contributed by atoms with Gasteiger partial charge in [-0.05, 0) is 30.7 Å². The maximum atomic E-state index is 10.8. The van der Waals surface area contributed by atoms with Gasteiger partial charge in [-0.3, -0.25) is 10.1 Å². The Hall–Kier alpha value is -2.99. The molecule has 0 atom stereocenters. The lowest BCUT2D eigenvalue weighted by Gasteiger charge is -2.10. The number of nitro groups is 1. The van der Waals surface area contributed by atoms with E-state index in [9.17, 15) is 10.1 Å². The molecule has 0 spiro atoms. The van der Waals surface area contributed by atoms with Crippen molar-refractivity contribution in [3.63, 3.8) is 0 Å². The number of rotatable bonds is 5. The van der Waals surface area contributed by atoms with Gasteiger partial charge < -0.3 is 4.74 Å². The Morgan fingerprint density at radius 2 is 1.84 bits per heavy atom. The van der Waals surface area contributed by atoms with E-state index in [1.165, 1.54) is 18.3 Å². The molecule has 126 valence electrons. The van der Waals surface area contributed by atoms with Crippen molar-refractivity contribution in [3.8, 4) is 17.1 Å². The summed E-state index contributed by atoms with van der Waals surface area (Å²) in [5, 5.41) is 11.4. The van der Waals surface area contributed by atoms with Gasteiger partial charge >= 0.3 is 0 Å². The molecule has 3 rings (SSSR count). The highest BCUT2D eigenvalue weighted by molar-refractivity contribution is 6.31. The van der Waals surface area contributed by atoms with E-state index in [-0.39, 0.29) is 12.3 Å². The molecule has 0 aliphatic rings. The zero-order chi connectivity index (χ0) is 17.8. The predicted octanol–water partition coefficient (Wildman–Crippen LogP) is 4.59. The summed E-state index contributed by atoms with van der Waals surface area (Å²) in [7, 11) is 0. The number of hydrogen-bond acceptors (Lipinski definition) is 5. The number of aromatic nitrogens is 2. The number of hydrogen-bond donors (Lipinski definition) is 0. The Kier molecular flexibility index (Phi) is 4.90. The summed E-state index contributed by atoms with van der Waals surface area (Å²) in [4.78, 5) is 18.8. The van der Waals surface area contributed by atoms with Crippen molar-refractivity contribution in [2.45, 2.75) is 13.5 Å². The SMILES string of the molecule is Cc1ccc(COc2nccnc2-c2ccc([N+](=O)[O-])cc2)c(Cl)c1. The van der Waals surface area contributed by atoms with Crippen LogP contribution in [0.3, 0.4) is 0 Å². The molecule has 1 aromatic heterocycles. The summed E-state index contributed by atoms with van der Waals surface area (Å²) in [6.45, 7) is 2.21. The number of ether oxygens (including phenoxy) is 1. The number of nitro benzene ring substituents is 1. The molecule has 0 saturated heterocycles. The maximum Gasteiger partial charge on any atom is 0.269 e. The lowest BCUT2D eigenvalue weighted by molar-refractivity contribution is -0.384. The van der Waals surface area contributed by atoms with Crippen molar-refractivity contribution < 1.29 is 9.66 Å². The number of benzene rings is 2. The first-order chi connectivity index (χ1) is 12.0. The van der Waals surface area contributed by atoms with Gasteiger partial charge in [-0.25, -0.2) is 9.97 Å². The summed E-state index contributed by atoms with van der Waals surface area (Å²) >= 11 is 6.22. The van der Waals surface area contributed by atoms with Gasteiger partial charge in [0.1, 0.15) is 12.3 Å². The van der Waals surface area contributed by atoms with E-state index < -0.39 is 4.92 Å². The molecule has 0 bridgehead atoms. The van der Waals surface area contributed by atoms with Gasteiger partial charge in [0.2, 0.25) is 5.88 Å². The maximum absolute atomic E-state index is 10.8. The molecule has 3 aromatic rings. The largest absolute Gasteiger partial charge is 0.471 e. The zero-order valence-electron chi connectivity index (χ0n) is 13.3. The molecule has 0 aliphatic heterocycles. The molecule has 7 heteroatoms. The number of aryl methyl sites for hydroxylation is 1. The molecule has 0 aliphatic carbocycles. The Balaban J connectivity index is 1.84. The fourth-order valence-corrected chi connectivity index (χ4v) is 2.58. The number of halogens is 1. The van der Waals surface area contributed by atoms with E-state index in [4.69, 9.17) is 16.3 Å². The average molecular weight is 356 g/mol. The van der Waals surface area contributed by atoms with Crippen molar-refractivity contribution in [3.05, 3.63) is 81.1 Å². The van der Waals surface area contributed by atoms with Crippen molar-refractivity contribution in [2.24, 2.45) is 0 Å². The summed E-state index contributed by atoms with van der Waals surface area (Å²) in [6.07, 6.45) is 3.07. The highest BCUT2D eigenvalue weighted by atomic mass is 35.5. The Morgan fingerprint density at radius 1 is 1.12 bits per heavy atom. The highest BCUT2D eigenvalue weighted by Crippen LogP contribution is 2.28. The van der Waals surface area contributed by atoms with Crippen molar-refractivity contribution in [1.82, 2.24) is 9.97 Å². The van der Waals surface area contributed by atoms with E-state index in [0.717, 1.165) is 11.1 Å². The number of non-ortho nitro benzene ring substituents is 1. The highest BCUT2D eigenvalue weighted by Gasteiger charge is 2.12. The minimum atomic E-state index is -0.447. The van der Waals surface area contributed by atoms with Crippen molar-refractivity contribution >= 4 is 17.3 Å². The first-order valence-electron chi connectivity index (χ1n) is 7.48. The minimum Gasteiger partial charge on any atom is -0.471 e. The second-order valence-corrected chi connectivity index (χ2v) is 5.80. The Morgan fingerprint density at radius 3 is 2.52 bits per heavy atom. The molecular weight excluding hydrogens is 342 g/mol. The molecule has 0 fully saturated rings. The van der Waals surface area contributed by atoms with Gasteiger partial charge in [-0.2, -0.15) is 0 Å². The van der Waals surface area contributed by atoms with Gasteiger partial charge in [-0.1, -0.05) is 23.7 Å². The predicted molar refractivity (Wildman–Crippen MR) is 94.6 cm³/mol. The van der Waals surface area contributed by atoms with Crippen LogP contribution in [0, 0.1) is 17.0 Å². The van der Waals surface area contributed by atoms with Gasteiger partial charge in [0.25, 0.3) is 5.69 Å². The zero-order valence-corrected chi connectivity index (χ0v) is 14.1. The summed E-state index contributed by atoms with van der Waals surface area (Å²) in [5.41, 5.74) is 3.12.